The van der Waals surface area contributed by atoms with Crippen LogP contribution in [0.2, 0.25) is 0 Å². The van der Waals surface area contributed by atoms with E-state index in [1.165, 1.54) is 39.4 Å². The van der Waals surface area contributed by atoms with Crippen molar-refractivity contribution in [2.75, 3.05) is 30.0 Å². The highest BCUT2D eigenvalue weighted by Crippen LogP contribution is 2.22. The second-order valence-electron chi connectivity index (χ2n) is 9.61. The summed E-state index contributed by atoms with van der Waals surface area (Å²) in [7, 11) is -7.19. The number of amides is 1. The number of hydrogen-bond acceptors (Lipinski definition) is 11. The van der Waals surface area contributed by atoms with Gasteiger partial charge in [0.1, 0.15) is 24.8 Å². The molecule has 0 spiro atoms. The van der Waals surface area contributed by atoms with E-state index in [1.54, 1.807) is 19.2 Å². The lowest BCUT2D eigenvalue weighted by atomic mass is 10.1. The Morgan fingerprint density at radius 1 is 1.10 bits per heavy atom. The van der Waals surface area contributed by atoms with E-state index in [-0.39, 0.29) is 29.1 Å². The minimum Gasteiger partial charge on any atom is -0.351 e. The van der Waals surface area contributed by atoms with Gasteiger partial charge in [-0.1, -0.05) is 0 Å². The lowest BCUT2D eigenvalue weighted by Crippen LogP contribution is -2.42. The monoisotopic (exact) mass is 601 g/mol. The number of hydrogen-bond donors (Lipinski definition) is 2. The lowest BCUT2D eigenvalue weighted by molar-refractivity contribution is -0.116. The van der Waals surface area contributed by atoms with Gasteiger partial charge in [-0.25, -0.2) is 22.7 Å². The minimum absolute atomic E-state index is 0.00462. The summed E-state index contributed by atoms with van der Waals surface area (Å²) in [4.78, 5) is 38.2. The number of fused-ring (bicyclic) bond motifs is 1. The minimum atomic E-state index is -3.94. The molecule has 1 saturated heterocycles. The Hall–Kier alpha value is -4.22. The summed E-state index contributed by atoms with van der Waals surface area (Å²) in [6.45, 7) is 1.99. The van der Waals surface area contributed by atoms with Crippen molar-refractivity contribution in [2.24, 2.45) is 0 Å². The highest BCUT2D eigenvalue weighted by atomic mass is 32.2. The molecule has 1 fully saturated rings. The molecule has 2 N–H and O–H groups in total. The summed E-state index contributed by atoms with van der Waals surface area (Å²) >= 11 is 0. The van der Waals surface area contributed by atoms with Gasteiger partial charge in [0.25, 0.3) is 15.6 Å². The predicted molar refractivity (Wildman–Crippen MR) is 149 cm³/mol. The van der Waals surface area contributed by atoms with Gasteiger partial charge in [0.2, 0.25) is 21.9 Å². The Labute approximate surface area is 235 Å². The summed E-state index contributed by atoms with van der Waals surface area (Å²) in [6.07, 6.45) is 6.06. The molecule has 0 saturated carbocycles. The van der Waals surface area contributed by atoms with Crippen molar-refractivity contribution in [3.63, 3.8) is 0 Å². The number of rotatable bonds is 8. The Kier molecular flexibility index (Phi) is 7.58. The molecule has 4 heterocycles. The van der Waals surface area contributed by atoms with Crippen LogP contribution in [0.15, 0.2) is 58.9 Å². The van der Waals surface area contributed by atoms with Crippen molar-refractivity contribution in [1.82, 2.24) is 33.0 Å². The van der Waals surface area contributed by atoms with Crippen LogP contribution >= 0.6 is 0 Å². The number of nitrogens with zero attached hydrogens (tertiary/aromatic N) is 7. The second-order valence-corrected chi connectivity index (χ2v) is 13.4. The summed E-state index contributed by atoms with van der Waals surface area (Å²) in [6, 6.07) is 7.14. The third kappa shape index (κ3) is 6.10. The molecule has 0 unspecified atom stereocenters. The maximum Gasteiger partial charge on any atom is 0.284 e. The Bertz CT molecular complexity index is 1880. The summed E-state index contributed by atoms with van der Waals surface area (Å²) in [5.41, 5.74) is 0.538. The van der Waals surface area contributed by atoms with Crippen molar-refractivity contribution >= 4 is 48.6 Å². The number of carbonyl (C=O) groups is 1. The van der Waals surface area contributed by atoms with Gasteiger partial charge < -0.3 is 10.6 Å². The first-order chi connectivity index (χ1) is 19.4. The number of anilines is 2. The summed E-state index contributed by atoms with van der Waals surface area (Å²) < 4.78 is 52.4. The molecule has 0 atom stereocenters. The standard InChI is InChI=1S/C24H27N9O6S2/c1-16-11-19(4-5-20(16)41(38,39)33-15-25-14-27-33)28-21(34)13-32-22(35)6-3-17-12-26-24(30-23(17)32)29-18-7-9-31(10-8-18)40(2,36)37/h3-6,11-12,14-15,18H,7-10,13H2,1-2H3,(H,28,34)(H,26,29,30). The van der Waals surface area contributed by atoms with Crippen LogP contribution in [0, 0.1) is 6.92 Å². The molecule has 0 radical (unpaired) electrons. The Morgan fingerprint density at radius 2 is 1.85 bits per heavy atom. The van der Waals surface area contributed by atoms with Crippen molar-refractivity contribution < 1.29 is 21.6 Å². The highest BCUT2D eigenvalue weighted by Gasteiger charge is 2.25. The molecule has 15 nitrogen and oxygen atoms in total. The predicted octanol–water partition coefficient (Wildman–Crippen LogP) is 0.403. The quantitative estimate of drug-likeness (QED) is 0.284. The van der Waals surface area contributed by atoms with Crippen LogP contribution in [0.4, 0.5) is 11.6 Å². The van der Waals surface area contributed by atoms with E-state index in [2.05, 4.69) is 30.7 Å². The van der Waals surface area contributed by atoms with E-state index in [1.807, 2.05) is 0 Å². The number of sulfonamides is 1. The number of pyridine rings is 1. The van der Waals surface area contributed by atoms with Gasteiger partial charge in [-0.15, -0.1) is 9.19 Å². The normalized spacial score (nSPS) is 15.2. The van der Waals surface area contributed by atoms with Crippen molar-refractivity contribution in [3.05, 3.63) is 65.1 Å². The average Bonchev–Trinajstić information content (AvgIpc) is 3.46. The number of benzene rings is 1. The van der Waals surface area contributed by atoms with E-state index in [9.17, 15) is 26.4 Å². The van der Waals surface area contributed by atoms with Gasteiger partial charge in [0.15, 0.2) is 0 Å². The van der Waals surface area contributed by atoms with Crippen molar-refractivity contribution in [2.45, 2.75) is 37.2 Å². The smallest absolute Gasteiger partial charge is 0.284 e. The van der Waals surface area contributed by atoms with E-state index < -0.39 is 31.5 Å². The molecule has 0 bridgehead atoms. The third-order valence-electron chi connectivity index (χ3n) is 6.66. The number of carbonyl (C=O) groups excluding carboxylic acids is 1. The van der Waals surface area contributed by atoms with Gasteiger partial charge in [-0.05, 0) is 49.6 Å². The van der Waals surface area contributed by atoms with Crippen LogP contribution < -0.4 is 16.2 Å². The van der Waals surface area contributed by atoms with E-state index in [0.29, 0.717) is 42.6 Å². The lowest BCUT2D eigenvalue weighted by Gasteiger charge is -2.30. The van der Waals surface area contributed by atoms with Crippen molar-refractivity contribution in [3.8, 4) is 0 Å². The number of aryl methyl sites for hydroxylation is 1. The molecular weight excluding hydrogens is 574 g/mol. The summed E-state index contributed by atoms with van der Waals surface area (Å²) in [5.74, 6) is -0.262. The van der Waals surface area contributed by atoms with Crippen LogP contribution in [0.5, 0.6) is 0 Å². The average molecular weight is 602 g/mol. The number of aromatic nitrogens is 6. The molecule has 41 heavy (non-hydrogen) atoms. The molecule has 1 amide bonds. The Balaban J connectivity index is 1.31. The zero-order chi connectivity index (χ0) is 29.4. The van der Waals surface area contributed by atoms with Crippen LogP contribution in [0.3, 0.4) is 0 Å². The molecule has 4 aromatic rings. The SMILES string of the molecule is Cc1cc(NC(=O)Cn2c(=O)ccc3cnc(NC4CCN(S(C)(=O)=O)CC4)nc32)ccc1S(=O)(=O)n1cncn1. The largest absolute Gasteiger partial charge is 0.351 e. The maximum absolute atomic E-state index is 12.9. The van der Waals surface area contributed by atoms with Crippen LogP contribution in [-0.4, -0.2) is 81.1 Å². The molecule has 17 heteroatoms. The number of piperidine rings is 1. The molecule has 3 aromatic heterocycles. The molecule has 5 rings (SSSR count). The van der Waals surface area contributed by atoms with E-state index >= 15 is 0 Å². The van der Waals surface area contributed by atoms with Crippen LogP contribution in [0.25, 0.3) is 11.0 Å². The first kappa shape index (κ1) is 28.3. The first-order valence-corrected chi connectivity index (χ1v) is 15.8. The van der Waals surface area contributed by atoms with Gasteiger partial charge in [-0.2, -0.15) is 13.4 Å². The molecule has 1 aliphatic heterocycles. The van der Waals surface area contributed by atoms with Gasteiger partial charge in [0, 0.05) is 42.5 Å². The first-order valence-electron chi connectivity index (χ1n) is 12.5. The fourth-order valence-corrected chi connectivity index (χ4v) is 6.72. The van der Waals surface area contributed by atoms with Gasteiger partial charge in [0.05, 0.1) is 11.2 Å². The molecule has 1 aromatic carbocycles. The Morgan fingerprint density at radius 3 is 2.51 bits per heavy atom. The molecule has 0 aliphatic carbocycles. The van der Waals surface area contributed by atoms with E-state index in [0.717, 1.165) is 16.7 Å². The second kappa shape index (κ2) is 11.0. The van der Waals surface area contributed by atoms with E-state index in [4.69, 9.17) is 0 Å². The zero-order valence-corrected chi connectivity index (χ0v) is 23.8. The van der Waals surface area contributed by atoms with Crippen LogP contribution in [-0.2, 0) is 31.4 Å². The molecule has 1 aliphatic rings. The third-order valence-corrected chi connectivity index (χ3v) is 9.66. The number of nitrogens with one attached hydrogen (secondary N) is 2. The molecule has 216 valence electrons. The zero-order valence-electron chi connectivity index (χ0n) is 22.1. The van der Waals surface area contributed by atoms with Gasteiger partial charge >= 0.3 is 0 Å². The summed E-state index contributed by atoms with van der Waals surface area (Å²) in [5, 5.41) is 10.1. The maximum atomic E-state index is 12.9. The van der Waals surface area contributed by atoms with Crippen molar-refractivity contribution in [1.29, 1.82) is 0 Å². The van der Waals surface area contributed by atoms with Gasteiger partial charge in [-0.3, -0.25) is 14.2 Å². The van der Waals surface area contributed by atoms with Crippen LogP contribution in [0.1, 0.15) is 18.4 Å². The topological polar surface area (TPSA) is 191 Å². The fourth-order valence-electron chi connectivity index (χ4n) is 4.59. The molecular formula is C24H27N9O6S2. The highest BCUT2D eigenvalue weighted by molar-refractivity contribution is 7.90. The fraction of sp³-hybridized carbons (Fsp3) is 0.333.